The van der Waals surface area contributed by atoms with Crippen molar-refractivity contribution < 1.29 is 19.1 Å². The Labute approximate surface area is 183 Å². The molecule has 1 aliphatic rings. The van der Waals surface area contributed by atoms with Crippen LogP contribution in [0.5, 0.6) is 11.5 Å². The molecule has 0 atom stereocenters. The number of aryl methyl sites for hydroxylation is 1. The van der Waals surface area contributed by atoms with Crippen LogP contribution in [0, 0.1) is 22.8 Å². The van der Waals surface area contributed by atoms with Gasteiger partial charge in [-0.3, -0.25) is 9.69 Å². The molecule has 1 heterocycles. The number of nitrogens with one attached hydrogen (secondary N) is 1. The number of urea groups is 1. The molecule has 0 saturated carbocycles. The summed E-state index contributed by atoms with van der Waals surface area (Å²) in [5.74, 6) is 3.07. The fourth-order valence-corrected chi connectivity index (χ4v) is 3.62. The van der Waals surface area contributed by atoms with Crippen molar-refractivity contribution in [2.45, 2.75) is 13.5 Å². The van der Waals surface area contributed by atoms with E-state index in [1.165, 1.54) is 12.0 Å². The molecule has 0 spiro atoms. The number of carbonyl (C=O) groups is 2. The second-order valence-corrected chi connectivity index (χ2v) is 7.55. The van der Waals surface area contributed by atoms with Crippen LogP contribution in [0.2, 0.25) is 0 Å². The topological polar surface area (TPSA) is 67.9 Å². The average Bonchev–Trinajstić information content (AvgIpc) is 2.95. The standard InChI is InChI=1S/C22H19IN2O4/c1-4-9-29-20-17(23)10-16(12-19(20)28-3)11-18-21(26)25(22(27)24-18)13-15-7-5-14(2)6-8-15/h1,5-8,10-12H,9,13H2,2-3H3,(H,24,27)/b18-11+. The van der Waals surface area contributed by atoms with E-state index in [0.29, 0.717) is 17.1 Å². The van der Waals surface area contributed by atoms with E-state index in [9.17, 15) is 9.59 Å². The number of benzene rings is 2. The SMILES string of the molecule is C#CCOc1c(I)cc(/C=C2/NC(=O)N(Cc3ccc(C)cc3)C2=O)cc1OC. The molecule has 0 bridgehead atoms. The molecule has 1 fully saturated rings. The van der Waals surface area contributed by atoms with Gasteiger partial charge in [-0.05, 0) is 58.9 Å². The molecule has 0 radical (unpaired) electrons. The van der Waals surface area contributed by atoms with Crippen LogP contribution in [0.25, 0.3) is 6.08 Å². The lowest BCUT2D eigenvalue weighted by atomic mass is 10.1. The van der Waals surface area contributed by atoms with E-state index in [4.69, 9.17) is 15.9 Å². The zero-order valence-electron chi connectivity index (χ0n) is 16.0. The van der Waals surface area contributed by atoms with Crippen LogP contribution >= 0.6 is 22.6 Å². The summed E-state index contributed by atoms with van der Waals surface area (Å²) < 4.78 is 11.7. The molecular formula is C22H19IN2O4. The highest BCUT2D eigenvalue weighted by Crippen LogP contribution is 2.34. The predicted octanol–water partition coefficient (Wildman–Crippen LogP) is 3.71. The van der Waals surface area contributed by atoms with Crippen molar-refractivity contribution in [3.8, 4) is 23.8 Å². The Balaban J connectivity index is 1.84. The summed E-state index contributed by atoms with van der Waals surface area (Å²) in [6.45, 7) is 2.31. The summed E-state index contributed by atoms with van der Waals surface area (Å²) in [4.78, 5) is 26.2. The van der Waals surface area contributed by atoms with Crippen molar-refractivity contribution in [3.63, 3.8) is 0 Å². The number of hydrogen-bond acceptors (Lipinski definition) is 4. The maximum atomic E-state index is 12.7. The van der Waals surface area contributed by atoms with E-state index in [-0.39, 0.29) is 24.8 Å². The van der Waals surface area contributed by atoms with Crippen molar-refractivity contribution in [2.75, 3.05) is 13.7 Å². The van der Waals surface area contributed by atoms with Crippen LogP contribution in [-0.4, -0.2) is 30.6 Å². The monoisotopic (exact) mass is 502 g/mol. The number of hydrogen-bond donors (Lipinski definition) is 1. The van der Waals surface area contributed by atoms with Gasteiger partial charge in [-0.1, -0.05) is 35.7 Å². The lowest BCUT2D eigenvalue weighted by Gasteiger charge is -2.12. The van der Waals surface area contributed by atoms with Gasteiger partial charge in [-0.2, -0.15) is 0 Å². The molecule has 7 heteroatoms. The third-order valence-electron chi connectivity index (χ3n) is 4.29. The van der Waals surface area contributed by atoms with Crippen LogP contribution in [0.3, 0.4) is 0 Å². The van der Waals surface area contributed by atoms with Gasteiger partial charge in [0.05, 0.1) is 17.2 Å². The van der Waals surface area contributed by atoms with Gasteiger partial charge in [0.15, 0.2) is 11.5 Å². The third-order valence-corrected chi connectivity index (χ3v) is 5.09. The lowest BCUT2D eigenvalue weighted by Crippen LogP contribution is -2.30. The van der Waals surface area contributed by atoms with Crippen molar-refractivity contribution >= 4 is 40.6 Å². The first kappa shape index (κ1) is 20.7. The molecule has 3 amide bonds. The highest BCUT2D eigenvalue weighted by Gasteiger charge is 2.33. The molecule has 1 N–H and O–H groups in total. The highest BCUT2D eigenvalue weighted by atomic mass is 127. The molecule has 3 rings (SSSR count). The van der Waals surface area contributed by atoms with Crippen molar-refractivity contribution in [2.24, 2.45) is 0 Å². The number of ether oxygens (including phenoxy) is 2. The number of methoxy groups -OCH3 is 1. The summed E-state index contributed by atoms with van der Waals surface area (Å²) >= 11 is 2.11. The molecule has 29 heavy (non-hydrogen) atoms. The second kappa shape index (κ2) is 9.01. The van der Waals surface area contributed by atoms with Crippen molar-refractivity contribution in [1.82, 2.24) is 10.2 Å². The summed E-state index contributed by atoms with van der Waals surface area (Å²) in [5, 5.41) is 2.64. The van der Waals surface area contributed by atoms with Gasteiger partial charge in [0.2, 0.25) is 0 Å². The van der Waals surface area contributed by atoms with E-state index in [0.717, 1.165) is 14.7 Å². The predicted molar refractivity (Wildman–Crippen MR) is 118 cm³/mol. The molecular weight excluding hydrogens is 483 g/mol. The summed E-state index contributed by atoms with van der Waals surface area (Å²) in [5.41, 5.74) is 2.90. The fraction of sp³-hybridized carbons (Fsp3) is 0.182. The van der Waals surface area contributed by atoms with Crippen molar-refractivity contribution in [3.05, 3.63) is 62.4 Å². The Bertz CT molecular complexity index is 1020. The largest absolute Gasteiger partial charge is 0.493 e. The zero-order valence-corrected chi connectivity index (χ0v) is 18.1. The van der Waals surface area contributed by atoms with Crippen LogP contribution in [0.15, 0.2) is 42.1 Å². The Kier molecular flexibility index (Phi) is 6.44. The zero-order chi connectivity index (χ0) is 21.0. The molecule has 148 valence electrons. The van der Waals surface area contributed by atoms with Gasteiger partial charge in [0, 0.05) is 0 Å². The van der Waals surface area contributed by atoms with E-state index in [1.54, 1.807) is 12.1 Å². The fourth-order valence-electron chi connectivity index (χ4n) is 2.83. The molecule has 2 aromatic carbocycles. The van der Waals surface area contributed by atoms with Crippen molar-refractivity contribution in [1.29, 1.82) is 0 Å². The highest BCUT2D eigenvalue weighted by molar-refractivity contribution is 14.1. The van der Waals surface area contributed by atoms with Gasteiger partial charge in [-0.25, -0.2) is 4.79 Å². The number of carbonyl (C=O) groups excluding carboxylic acids is 2. The third kappa shape index (κ3) is 4.71. The number of rotatable bonds is 6. The molecule has 6 nitrogen and oxygen atoms in total. The van der Waals surface area contributed by atoms with E-state index in [1.807, 2.05) is 37.3 Å². The Morgan fingerprint density at radius 3 is 2.62 bits per heavy atom. The van der Waals surface area contributed by atoms with Crippen LogP contribution in [0.1, 0.15) is 16.7 Å². The van der Waals surface area contributed by atoms with Crippen LogP contribution in [-0.2, 0) is 11.3 Å². The molecule has 1 saturated heterocycles. The number of terminal acetylenes is 1. The number of halogens is 1. The van der Waals surface area contributed by atoms with Crippen LogP contribution in [0.4, 0.5) is 4.79 Å². The quantitative estimate of drug-likeness (QED) is 0.283. The Morgan fingerprint density at radius 2 is 1.97 bits per heavy atom. The summed E-state index contributed by atoms with van der Waals surface area (Å²) in [6.07, 6.45) is 6.87. The van der Waals surface area contributed by atoms with Gasteiger partial charge in [-0.15, -0.1) is 6.42 Å². The number of amides is 3. The van der Waals surface area contributed by atoms with Gasteiger partial charge in [0.1, 0.15) is 12.3 Å². The van der Waals surface area contributed by atoms with Crippen LogP contribution < -0.4 is 14.8 Å². The minimum absolute atomic E-state index is 0.120. The molecule has 0 unspecified atom stereocenters. The molecule has 1 aliphatic heterocycles. The maximum absolute atomic E-state index is 12.7. The summed E-state index contributed by atoms with van der Waals surface area (Å²) in [6, 6.07) is 10.8. The first-order valence-electron chi connectivity index (χ1n) is 8.77. The molecule has 0 aliphatic carbocycles. The minimum atomic E-state index is -0.447. The summed E-state index contributed by atoms with van der Waals surface area (Å²) in [7, 11) is 1.52. The smallest absolute Gasteiger partial charge is 0.329 e. The first-order valence-corrected chi connectivity index (χ1v) is 9.84. The lowest BCUT2D eigenvalue weighted by molar-refractivity contribution is -0.123. The van der Waals surface area contributed by atoms with Gasteiger partial charge >= 0.3 is 6.03 Å². The van der Waals surface area contributed by atoms with E-state index >= 15 is 0 Å². The second-order valence-electron chi connectivity index (χ2n) is 6.39. The normalized spacial score (nSPS) is 14.7. The minimum Gasteiger partial charge on any atom is -0.493 e. The Morgan fingerprint density at radius 1 is 1.24 bits per heavy atom. The van der Waals surface area contributed by atoms with Gasteiger partial charge in [0.25, 0.3) is 5.91 Å². The maximum Gasteiger partial charge on any atom is 0.329 e. The van der Waals surface area contributed by atoms with E-state index < -0.39 is 6.03 Å². The van der Waals surface area contributed by atoms with E-state index in [2.05, 4.69) is 33.8 Å². The van der Waals surface area contributed by atoms with Gasteiger partial charge < -0.3 is 14.8 Å². The number of imide groups is 1. The first-order chi connectivity index (χ1) is 13.9. The molecule has 2 aromatic rings. The average molecular weight is 502 g/mol. The Hall–Kier alpha value is -2.99. The number of nitrogens with zero attached hydrogens (tertiary/aromatic N) is 1. The molecule has 0 aromatic heterocycles.